The van der Waals surface area contributed by atoms with E-state index in [9.17, 15) is 9.18 Å². The summed E-state index contributed by atoms with van der Waals surface area (Å²) in [7, 11) is 0. The van der Waals surface area contributed by atoms with E-state index in [0.717, 1.165) is 31.5 Å². The summed E-state index contributed by atoms with van der Waals surface area (Å²) in [5.74, 6) is 0.151. The molecule has 0 spiro atoms. The predicted octanol–water partition coefficient (Wildman–Crippen LogP) is 4.45. The summed E-state index contributed by atoms with van der Waals surface area (Å²) in [5.41, 5.74) is 0.384. The zero-order chi connectivity index (χ0) is 16.9. The van der Waals surface area contributed by atoms with Gasteiger partial charge in [-0.2, -0.15) is 0 Å². The number of nitrogens with one attached hydrogen (secondary N) is 2. The molecule has 1 aliphatic carbocycles. The molecule has 1 aromatic carbocycles. The highest BCUT2D eigenvalue weighted by Gasteiger charge is 2.23. The molecule has 1 aromatic heterocycles. The molecule has 0 radical (unpaired) electrons. The maximum atomic E-state index is 13.2. The van der Waals surface area contributed by atoms with Crippen molar-refractivity contribution < 1.29 is 9.18 Å². The lowest BCUT2D eigenvalue weighted by Crippen LogP contribution is -2.40. The Hall–Kier alpha value is -1.85. The number of amides is 1. The first-order chi connectivity index (χ1) is 11.6. The largest absolute Gasteiger partial charge is 0.367 e. The Morgan fingerprint density at radius 1 is 1.12 bits per heavy atom. The highest BCUT2D eigenvalue weighted by molar-refractivity contribution is 6.31. The molecule has 0 unspecified atom stereocenters. The molecule has 25 heavy (non-hydrogen) atoms. The van der Waals surface area contributed by atoms with Gasteiger partial charge < -0.3 is 10.6 Å². The maximum Gasteiger partial charge on any atom is 0.251 e. The van der Waals surface area contributed by atoms with Gasteiger partial charge >= 0.3 is 0 Å². The fourth-order valence-electron chi connectivity index (χ4n) is 2.95. The Balaban J connectivity index is 0.00000225. The van der Waals surface area contributed by atoms with E-state index in [4.69, 9.17) is 11.6 Å². The molecule has 1 heterocycles. The van der Waals surface area contributed by atoms with E-state index in [1.54, 1.807) is 6.20 Å². The van der Waals surface area contributed by atoms with Crippen LogP contribution in [0.5, 0.6) is 0 Å². The Kier molecular flexibility index (Phi) is 7.02. The number of nitrogens with zero attached hydrogens (tertiary/aromatic N) is 1. The van der Waals surface area contributed by atoms with Crippen LogP contribution in [0.15, 0.2) is 42.6 Å². The van der Waals surface area contributed by atoms with E-state index in [-0.39, 0.29) is 29.4 Å². The minimum atomic E-state index is -0.519. The summed E-state index contributed by atoms with van der Waals surface area (Å²) in [6.45, 7) is 0. The van der Waals surface area contributed by atoms with Crippen LogP contribution in [0.3, 0.4) is 0 Å². The molecule has 4 nitrogen and oxygen atoms in total. The van der Waals surface area contributed by atoms with Crippen LogP contribution in [-0.2, 0) is 0 Å². The molecule has 1 aliphatic rings. The molecule has 134 valence electrons. The Bertz CT molecular complexity index is 707. The molecule has 7 heteroatoms. The molecule has 0 bridgehead atoms. The third-order valence-corrected chi connectivity index (χ3v) is 4.55. The van der Waals surface area contributed by atoms with E-state index in [0.29, 0.717) is 11.6 Å². The van der Waals surface area contributed by atoms with Crippen LogP contribution in [0, 0.1) is 5.82 Å². The molecule has 1 saturated carbocycles. The minimum absolute atomic E-state index is 0. The zero-order valence-electron chi connectivity index (χ0n) is 13.5. The number of hydrogen-bond acceptors (Lipinski definition) is 3. The Morgan fingerprint density at radius 3 is 2.48 bits per heavy atom. The van der Waals surface area contributed by atoms with Gasteiger partial charge in [-0.3, -0.25) is 4.79 Å². The fraction of sp³-hybridized carbons (Fsp3) is 0.333. The molecule has 0 atom stereocenters. The lowest BCUT2D eigenvalue weighted by Gasteiger charge is -2.30. The smallest absolute Gasteiger partial charge is 0.251 e. The van der Waals surface area contributed by atoms with Gasteiger partial charge in [-0.15, -0.1) is 12.4 Å². The highest BCUT2D eigenvalue weighted by Crippen LogP contribution is 2.22. The average Bonchev–Trinajstić information content (AvgIpc) is 2.60. The van der Waals surface area contributed by atoms with Crippen molar-refractivity contribution in [2.24, 2.45) is 0 Å². The standard InChI is InChI=1S/C18H19ClFN3O.ClH/c19-15-11-12(4-9-16(15)20)18(24)23-14-7-5-13(6-8-14)22-17-3-1-2-10-21-17;/h1-4,9-11,13-14H,5-8H2,(H,21,22)(H,23,24);1H. The summed E-state index contributed by atoms with van der Waals surface area (Å²) in [6, 6.07) is 10.3. The molecule has 3 rings (SSSR count). The molecular formula is C18H20Cl2FN3O. The highest BCUT2D eigenvalue weighted by atomic mass is 35.5. The summed E-state index contributed by atoms with van der Waals surface area (Å²) >= 11 is 5.73. The summed E-state index contributed by atoms with van der Waals surface area (Å²) in [5, 5.41) is 6.38. The van der Waals surface area contributed by atoms with Crippen molar-refractivity contribution in [1.82, 2.24) is 10.3 Å². The summed E-state index contributed by atoms with van der Waals surface area (Å²) < 4.78 is 13.2. The monoisotopic (exact) mass is 383 g/mol. The second-order valence-electron chi connectivity index (χ2n) is 6.01. The lowest BCUT2D eigenvalue weighted by atomic mass is 9.91. The van der Waals surface area contributed by atoms with E-state index in [2.05, 4.69) is 15.6 Å². The Morgan fingerprint density at radius 2 is 1.84 bits per heavy atom. The van der Waals surface area contributed by atoms with Gasteiger partial charge in [-0.05, 0) is 56.0 Å². The van der Waals surface area contributed by atoms with Gasteiger partial charge in [0, 0.05) is 23.8 Å². The predicted molar refractivity (Wildman–Crippen MR) is 100 cm³/mol. The zero-order valence-corrected chi connectivity index (χ0v) is 15.1. The van der Waals surface area contributed by atoms with Crippen molar-refractivity contribution in [1.29, 1.82) is 0 Å². The maximum absolute atomic E-state index is 13.2. The van der Waals surface area contributed by atoms with Gasteiger partial charge in [-0.1, -0.05) is 17.7 Å². The van der Waals surface area contributed by atoms with E-state index in [1.807, 2.05) is 18.2 Å². The second kappa shape index (κ2) is 9.02. The molecule has 1 amide bonds. The number of pyridine rings is 1. The van der Waals surface area contributed by atoms with Gasteiger partial charge in [0.1, 0.15) is 11.6 Å². The molecule has 2 aromatic rings. The van der Waals surface area contributed by atoms with Gasteiger partial charge in [-0.25, -0.2) is 9.37 Å². The third kappa shape index (κ3) is 5.31. The first-order valence-corrected chi connectivity index (χ1v) is 8.43. The van der Waals surface area contributed by atoms with Crippen molar-refractivity contribution in [2.45, 2.75) is 37.8 Å². The van der Waals surface area contributed by atoms with Crippen molar-refractivity contribution >= 4 is 35.7 Å². The number of hydrogen-bond donors (Lipinski definition) is 2. The molecule has 0 aliphatic heterocycles. The van der Waals surface area contributed by atoms with Gasteiger partial charge in [0.2, 0.25) is 0 Å². The van der Waals surface area contributed by atoms with Crippen LogP contribution in [-0.4, -0.2) is 23.0 Å². The van der Waals surface area contributed by atoms with Gasteiger partial charge in [0.15, 0.2) is 0 Å². The summed E-state index contributed by atoms with van der Waals surface area (Å²) in [4.78, 5) is 16.5. The number of carbonyl (C=O) groups is 1. The van der Waals surface area contributed by atoms with Crippen molar-refractivity contribution in [3.63, 3.8) is 0 Å². The third-order valence-electron chi connectivity index (χ3n) is 4.26. The number of halogens is 3. The lowest BCUT2D eigenvalue weighted by molar-refractivity contribution is 0.0926. The quantitative estimate of drug-likeness (QED) is 0.819. The van der Waals surface area contributed by atoms with Crippen molar-refractivity contribution in [3.05, 3.63) is 59.0 Å². The number of carbonyl (C=O) groups excluding carboxylic acids is 1. The normalized spacial score (nSPS) is 19.6. The van der Waals surface area contributed by atoms with Crippen molar-refractivity contribution in [2.75, 3.05) is 5.32 Å². The number of aromatic nitrogens is 1. The number of anilines is 1. The van der Waals surface area contributed by atoms with Gasteiger partial charge in [0.25, 0.3) is 5.91 Å². The van der Waals surface area contributed by atoms with Crippen LogP contribution in [0.4, 0.5) is 10.2 Å². The van der Waals surface area contributed by atoms with Crippen molar-refractivity contribution in [3.8, 4) is 0 Å². The number of rotatable bonds is 4. The van der Waals surface area contributed by atoms with Crippen LogP contribution in [0.2, 0.25) is 5.02 Å². The topological polar surface area (TPSA) is 54.0 Å². The van der Waals surface area contributed by atoms with E-state index >= 15 is 0 Å². The summed E-state index contributed by atoms with van der Waals surface area (Å²) in [6.07, 6.45) is 5.48. The number of benzene rings is 1. The molecule has 1 fully saturated rings. The molecule has 2 N–H and O–H groups in total. The Labute approximate surface area is 157 Å². The minimum Gasteiger partial charge on any atom is -0.367 e. The second-order valence-corrected chi connectivity index (χ2v) is 6.42. The first-order valence-electron chi connectivity index (χ1n) is 8.05. The fourth-order valence-corrected chi connectivity index (χ4v) is 3.13. The SMILES string of the molecule is Cl.O=C(NC1CCC(Nc2ccccn2)CC1)c1ccc(F)c(Cl)c1. The van der Waals surface area contributed by atoms with E-state index < -0.39 is 5.82 Å². The average molecular weight is 384 g/mol. The van der Waals surface area contributed by atoms with Crippen LogP contribution in [0.1, 0.15) is 36.0 Å². The van der Waals surface area contributed by atoms with Crippen LogP contribution < -0.4 is 10.6 Å². The van der Waals surface area contributed by atoms with Crippen LogP contribution >= 0.6 is 24.0 Å². The first kappa shape index (κ1) is 19.5. The molecular weight excluding hydrogens is 364 g/mol. The van der Waals surface area contributed by atoms with E-state index in [1.165, 1.54) is 18.2 Å². The van der Waals surface area contributed by atoms with Gasteiger partial charge in [0.05, 0.1) is 5.02 Å². The molecule has 0 saturated heterocycles. The van der Waals surface area contributed by atoms with Crippen LogP contribution in [0.25, 0.3) is 0 Å².